The fourth-order valence-electron chi connectivity index (χ4n) is 1.97. The molecule has 0 radical (unpaired) electrons. The Kier molecular flexibility index (Phi) is 2.42. The van der Waals surface area contributed by atoms with Crippen molar-refractivity contribution in [1.29, 1.82) is 0 Å². The van der Waals surface area contributed by atoms with Crippen molar-refractivity contribution in [2.24, 2.45) is 0 Å². The van der Waals surface area contributed by atoms with Crippen molar-refractivity contribution in [2.45, 2.75) is 38.1 Å². The van der Waals surface area contributed by atoms with Gasteiger partial charge in [0.2, 0.25) is 0 Å². The van der Waals surface area contributed by atoms with E-state index in [0.29, 0.717) is 5.69 Å². The van der Waals surface area contributed by atoms with Gasteiger partial charge in [-0.3, -0.25) is 0 Å². The molecular weight excluding hydrogens is 197 g/mol. The largest absolute Gasteiger partial charge is 0.394 e. The number of halogens is 1. The number of nitrogens with zero attached hydrogens (tertiary/aromatic N) is 2. The van der Waals surface area contributed by atoms with Crippen LogP contribution in [0.2, 0.25) is 0 Å². The van der Waals surface area contributed by atoms with Crippen LogP contribution in [0.15, 0.2) is 0 Å². The number of nitrogens with two attached hydrogens (primary N) is 1. The molecule has 1 heterocycles. The molecule has 5 heteroatoms. The van der Waals surface area contributed by atoms with Gasteiger partial charge < -0.3 is 10.8 Å². The topological polar surface area (TPSA) is 64.1 Å². The third kappa shape index (κ3) is 1.51. The van der Waals surface area contributed by atoms with Gasteiger partial charge in [-0.2, -0.15) is 5.10 Å². The Bertz CT molecular complexity index is 371. The molecule has 1 fully saturated rings. The van der Waals surface area contributed by atoms with Gasteiger partial charge in [-0.05, 0) is 19.3 Å². The highest BCUT2D eigenvalue weighted by Crippen LogP contribution is 2.51. The molecule has 0 unspecified atom stereocenters. The van der Waals surface area contributed by atoms with E-state index in [0.717, 1.165) is 19.3 Å². The lowest BCUT2D eigenvalue weighted by molar-refractivity contribution is 0.270. The van der Waals surface area contributed by atoms with E-state index in [4.69, 9.17) is 10.8 Å². The van der Waals surface area contributed by atoms with E-state index < -0.39 is 5.82 Å². The van der Waals surface area contributed by atoms with Crippen LogP contribution in [0.25, 0.3) is 0 Å². The van der Waals surface area contributed by atoms with Crippen LogP contribution in [-0.4, -0.2) is 21.5 Å². The Hall–Kier alpha value is -1.10. The third-order valence-electron chi connectivity index (χ3n) is 3.28. The molecule has 4 nitrogen and oxygen atoms in total. The van der Waals surface area contributed by atoms with E-state index in [9.17, 15) is 4.39 Å². The Balaban J connectivity index is 2.36. The zero-order chi connectivity index (χ0) is 11.1. The van der Waals surface area contributed by atoms with Gasteiger partial charge >= 0.3 is 0 Å². The van der Waals surface area contributed by atoms with Gasteiger partial charge in [-0.15, -0.1) is 0 Å². The van der Waals surface area contributed by atoms with E-state index in [-0.39, 0.29) is 24.4 Å². The first-order valence-corrected chi connectivity index (χ1v) is 5.28. The molecule has 1 saturated carbocycles. The lowest BCUT2D eigenvalue weighted by Crippen LogP contribution is -2.10. The monoisotopic (exact) mass is 213 g/mol. The van der Waals surface area contributed by atoms with Crippen LogP contribution >= 0.6 is 0 Å². The average molecular weight is 213 g/mol. The fraction of sp³-hybridized carbons (Fsp3) is 0.700. The van der Waals surface area contributed by atoms with Crippen LogP contribution in [0, 0.1) is 5.82 Å². The highest BCUT2D eigenvalue weighted by Gasteiger charge is 2.47. The minimum Gasteiger partial charge on any atom is -0.394 e. The second kappa shape index (κ2) is 3.48. The standard InChI is InChI=1S/C10H16FN3O/c1-2-10(3-4-10)8-7(11)9(12)14(13-8)5-6-15/h15H,2-6,12H2,1H3. The predicted octanol–water partition coefficient (Wildman–Crippen LogP) is 1.04. The smallest absolute Gasteiger partial charge is 0.188 e. The Morgan fingerprint density at radius 3 is 2.73 bits per heavy atom. The number of hydrogen-bond acceptors (Lipinski definition) is 3. The maximum absolute atomic E-state index is 13.8. The zero-order valence-electron chi connectivity index (χ0n) is 8.83. The molecule has 3 N–H and O–H groups in total. The van der Waals surface area contributed by atoms with Crippen molar-refractivity contribution in [3.8, 4) is 0 Å². The molecule has 0 aliphatic heterocycles. The minimum absolute atomic E-state index is 0.0405. The Labute approximate surface area is 87.9 Å². The van der Waals surface area contributed by atoms with Gasteiger partial charge in [0.25, 0.3) is 0 Å². The predicted molar refractivity (Wildman–Crippen MR) is 54.9 cm³/mol. The number of aromatic nitrogens is 2. The summed E-state index contributed by atoms with van der Waals surface area (Å²) in [6.45, 7) is 2.21. The van der Waals surface area contributed by atoms with Crippen LogP contribution in [0.1, 0.15) is 31.9 Å². The summed E-state index contributed by atoms with van der Waals surface area (Å²) in [6.07, 6.45) is 2.85. The zero-order valence-corrected chi connectivity index (χ0v) is 8.83. The van der Waals surface area contributed by atoms with E-state index in [1.165, 1.54) is 4.68 Å². The van der Waals surface area contributed by atoms with Crippen molar-refractivity contribution < 1.29 is 9.50 Å². The van der Waals surface area contributed by atoms with Gasteiger partial charge in [0, 0.05) is 5.41 Å². The van der Waals surface area contributed by atoms with Crippen molar-refractivity contribution in [3.63, 3.8) is 0 Å². The quantitative estimate of drug-likeness (QED) is 0.785. The molecule has 1 aromatic rings. The van der Waals surface area contributed by atoms with E-state index in [2.05, 4.69) is 5.10 Å². The van der Waals surface area contributed by atoms with Gasteiger partial charge in [-0.1, -0.05) is 6.92 Å². The van der Waals surface area contributed by atoms with Gasteiger partial charge in [-0.25, -0.2) is 9.07 Å². The lowest BCUT2D eigenvalue weighted by Gasteiger charge is -2.07. The first-order chi connectivity index (χ1) is 7.14. The number of hydrogen-bond donors (Lipinski definition) is 2. The van der Waals surface area contributed by atoms with Gasteiger partial charge in [0.05, 0.1) is 13.2 Å². The number of nitrogen functional groups attached to an aromatic ring is 1. The summed E-state index contributed by atoms with van der Waals surface area (Å²) >= 11 is 0. The molecule has 1 aliphatic rings. The molecule has 0 amide bonds. The lowest BCUT2D eigenvalue weighted by atomic mass is 9.99. The van der Waals surface area contributed by atoms with Gasteiger partial charge in [0.15, 0.2) is 11.6 Å². The third-order valence-corrected chi connectivity index (χ3v) is 3.28. The van der Waals surface area contributed by atoms with Crippen molar-refractivity contribution >= 4 is 5.82 Å². The number of aliphatic hydroxyl groups is 1. The summed E-state index contributed by atoms with van der Waals surface area (Å²) in [5.41, 5.74) is 5.98. The Morgan fingerprint density at radius 1 is 1.60 bits per heavy atom. The molecule has 0 bridgehead atoms. The molecule has 1 aliphatic carbocycles. The SMILES string of the molecule is CCC1(c2nn(CCO)c(N)c2F)CC1. The fourth-order valence-corrected chi connectivity index (χ4v) is 1.97. The summed E-state index contributed by atoms with van der Waals surface area (Å²) in [6, 6.07) is 0. The molecule has 15 heavy (non-hydrogen) atoms. The van der Waals surface area contributed by atoms with E-state index in [1.807, 2.05) is 6.92 Å². The second-order valence-electron chi connectivity index (χ2n) is 4.13. The van der Waals surface area contributed by atoms with Gasteiger partial charge in [0.1, 0.15) is 5.69 Å². The highest BCUT2D eigenvalue weighted by molar-refractivity contribution is 5.39. The summed E-state index contributed by atoms with van der Waals surface area (Å²) in [7, 11) is 0. The molecule has 0 saturated heterocycles. The summed E-state index contributed by atoms with van der Waals surface area (Å²) in [5.74, 6) is -0.360. The van der Waals surface area contributed by atoms with Crippen LogP contribution in [0.4, 0.5) is 10.2 Å². The number of aliphatic hydroxyl groups excluding tert-OH is 1. The van der Waals surface area contributed by atoms with Crippen molar-refractivity contribution in [1.82, 2.24) is 9.78 Å². The first kappa shape index (κ1) is 10.4. The molecule has 0 aromatic carbocycles. The highest BCUT2D eigenvalue weighted by atomic mass is 19.1. The van der Waals surface area contributed by atoms with Crippen molar-refractivity contribution in [3.05, 3.63) is 11.5 Å². The Morgan fingerprint density at radius 2 is 2.27 bits per heavy atom. The molecule has 84 valence electrons. The van der Waals surface area contributed by atoms with Crippen molar-refractivity contribution in [2.75, 3.05) is 12.3 Å². The summed E-state index contributed by atoms with van der Waals surface area (Å²) in [4.78, 5) is 0. The summed E-state index contributed by atoms with van der Waals surface area (Å²) < 4.78 is 15.1. The van der Waals surface area contributed by atoms with Crippen LogP contribution in [0.3, 0.4) is 0 Å². The summed E-state index contributed by atoms with van der Waals surface area (Å²) in [5, 5.41) is 12.9. The van der Waals surface area contributed by atoms with E-state index in [1.54, 1.807) is 0 Å². The number of anilines is 1. The molecule has 2 rings (SSSR count). The molecular formula is C10H16FN3O. The second-order valence-corrected chi connectivity index (χ2v) is 4.13. The average Bonchev–Trinajstić information content (AvgIpc) is 2.98. The number of rotatable bonds is 4. The molecule has 0 atom stereocenters. The van der Waals surface area contributed by atoms with Crippen LogP contribution in [0.5, 0.6) is 0 Å². The maximum Gasteiger partial charge on any atom is 0.188 e. The van der Waals surface area contributed by atoms with E-state index >= 15 is 0 Å². The van der Waals surface area contributed by atoms with Crippen LogP contribution < -0.4 is 5.73 Å². The molecule has 0 spiro atoms. The maximum atomic E-state index is 13.8. The first-order valence-electron chi connectivity index (χ1n) is 5.28. The normalized spacial score (nSPS) is 18.1. The minimum atomic E-state index is -0.400. The van der Waals surface area contributed by atoms with Crippen LogP contribution in [-0.2, 0) is 12.0 Å². The molecule has 1 aromatic heterocycles.